The molecular formula is C14H12F3NO2S. The summed E-state index contributed by atoms with van der Waals surface area (Å²) < 4.78 is 41.9. The van der Waals surface area contributed by atoms with Crippen LogP contribution in [0.3, 0.4) is 0 Å². The zero-order chi connectivity index (χ0) is 15.5. The van der Waals surface area contributed by atoms with Gasteiger partial charge in [-0.05, 0) is 25.1 Å². The van der Waals surface area contributed by atoms with Crippen molar-refractivity contribution < 1.29 is 22.4 Å². The van der Waals surface area contributed by atoms with Crippen molar-refractivity contribution in [1.29, 1.82) is 0 Å². The quantitative estimate of drug-likeness (QED) is 0.845. The summed E-state index contributed by atoms with van der Waals surface area (Å²) in [7, 11) is 0. The number of alkyl halides is 3. The number of carbonyl (C=O) groups excluding carboxylic acids is 1. The number of para-hydroxylation sites is 1. The number of hydrogen-bond acceptors (Lipinski definition) is 3. The second kappa shape index (κ2) is 6.26. The first-order valence-corrected chi connectivity index (χ1v) is 6.99. The van der Waals surface area contributed by atoms with Gasteiger partial charge in [0.1, 0.15) is 0 Å². The number of thioether (sulfide) groups is 1. The number of nitrogens with one attached hydrogen (secondary N) is 1. The van der Waals surface area contributed by atoms with E-state index in [1.165, 1.54) is 12.3 Å². The van der Waals surface area contributed by atoms with Crippen molar-refractivity contribution >= 4 is 23.4 Å². The van der Waals surface area contributed by atoms with Crippen LogP contribution in [0.4, 0.5) is 18.9 Å². The first-order valence-electron chi connectivity index (χ1n) is 6.01. The Hall–Kier alpha value is -1.89. The van der Waals surface area contributed by atoms with E-state index in [4.69, 9.17) is 4.42 Å². The minimum absolute atomic E-state index is 0.144. The molecule has 0 fully saturated rings. The summed E-state index contributed by atoms with van der Waals surface area (Å²) in [6, 6.07) is 7.98. The van der Waals surface area contributed by atoms with Gasteiger partial charge >= 0.3 is 6.18 Å². The Labute approximate surface area is 123 Å². The van der Waals surface area contributed by atoms with Gasteiger partial charge in [-0.2, -0.15) is 13.2 Å². The Bertz CT molecular complexity index is 637. The lowest BCUT2D eigenvalue weighted by Crippen LogP contribution is -2.14. The van der Waals surface area contributed by atoms with Crippen LogP contribution >= 0.6 is 11.8 Å². The molecule has 1 aromatic carbocycles. The molecule has 112 valence electrons. The number of aryl methyl sites for hydroxylation is 1. The van der Waals surface area contributed by atoms with Crippen LogP contribution in [-0.2, 0) is 0 Å². The highest BCUT2D eigenvalue weighted by atomic mass is 32.2. The summed E-state index contributed by atoms with van der Waals surface area (Å²) in [5, 5.41) is 2.57. The van der Waals surface area contributed by atoms with Crippen molar-refractivity contribution in [1.82, 2.24) is 0 Å². The molecular weight excluding hydrogens is 303 g/mol. The smallest absolute Gasteiger partial charge is 0.398 e. The van der Waals surface area contributed by atoms with E-state index in [9.17, 15) is 18.0 Å². The van der Waals surface area contributed by atoms with Crippen molar-refractivity contribution in [3.05, 3.63) is 47.9 Å². The first-order chi connectivity index (χ1) is 9.87. The summed E-state index contributed by atoms with van der Waals surface area (Å²) in [4.78, 5) is 12.4. The minimum atomic E-state index is -4.26. The Kier molecular flexibility index (Phi) is 4.62. The van der Waals surface area contributed by atoms with Crippen LogP contribution in [0, 0.1) is 6.92 Å². The van der Waals surface area contributed by atoms with Crippen LogP contribution in [0.25, 0.3) is 0 Å². The number of amides is 1. The maximum Gasteiger partial charge on any atom is 0.398 e. The fourth-order valence-corrected chi connectivity index (χ4v) is 2.41. The monoisotopic (exact) mass is 315 g/mol. The number of rotatable bonds is 4. The van der Waals surface area contributed by atoms with Gasteiger partial charge < -0.3 is 9.73 Å². The van der Waals surface area contributed by atoms with E-state index in [1.807, 2.05) is 0 Å². The lowest BCUT2D eigenvalue weighted by molar-refractivity contribution is -0.105. The molecule has 3 nitrogen and oxygen atoms in total. The minimum Gasteiger partial charge on any atom is -0.459 e. The molecule has 0 saturated heterocycles. The van der Waals surface area contributed by atoms with Crippen LogP contribution in [-0.4, -0.2) is 17.8 Å². The number of halogens is 3. The molecule has 0 bridgehead atoms. The fourth-order valence-electron chi connectivity index (χ4n) is 1.64. The Morgan fingerprint density at radius 3 is 2.62 bits per heavy atom. The van der Waals surface area contributed by atoms with Crippen molar-refractivity contribution in [3.63, 3.8) is 0 Å². The summed E-state index contributed by atoms with van der Waals surface area (Å²) in [5.41, 5.74) is 0.987. The number of furan rings is 1. The van der Waals surface area contributed by atoms with E-state index < -0.39 is 17.8 Å². The van der Waals surface area contributed by atoms with Gasteiger partial charge in [0.25, 0.3) is 5.91 Å². The van der Waals surface area contributed by atoms with E-state index in [0.29, 0.717) is 27.9 Å². The van der Waals surface area contributed by atoms with Gasteiger partial charge in [0.2, 0.25) is 0 Å². The third-order valence-electron chi connectivity index (χ3n) is 2.59. The van der Waals surface area contributed by atoms with Crippen LogP contribution in [0.15, 0.2) is 45.9 Å². The van der Waals surface area contributed by atoms with E-state index in [2.05, 4.69) is 5.32 Å². The zero-order valence-electron chi connectivity index (χ0n) is 11.0. The standard InChI is InChI=1S/C14H12F3NO2S/c1-9-6-7-20-12(9)13(19)18-10-4-2-3-5-11(10)21-8-14(15,16)17/h2-7H,8H2,1H3,(H,18,19). The van der Waals surface area contributed by atoms with Crippen molar-refractivity contribution in [3.8, 4) is 0 Å². The third-order valence-corrected chi connectivity index (χ3v) is 3.73. The van der Waals surface area contributed by atoms with Gasteiger partial charge in [0.05, 0.1) is 17.7 Å². The van der Waals surface area contributed by atoms with E-state index >= 15 is 0 Å². The van der Waals surface area contributed by atoms with E-state index in [1.54, 1.807) is 31.2 Å². The highest BCUT2D eigenvalue weighted by molar-refractivity contribution is 7.99. The number of anilines is 1. The second-order valence-corrected chi connectivity index (χ2v) is 5.30. The van der Waals surface area contributed by atoms with Gasteiger partial charge in [-0.1, -0.05) is 12.1 Å². The van der Waals surface area contributed by atoms with Gasteiger partial charge in [0.15, 0.2) is 5.76 Å². The lowest BCUT2D eigenvalue weighted by Gasteiger charge is -2.11. The van der Waals surface area contributed by atoms with Gasteiger partial charge in [-0.15, -0.1) is 11.8 Å². The van der Waals surface area contributed by atoms with Crippen LogP contribution in [0.2, 0.25) is 0 Å². The van der Waals surface area contributed by atoms with Crippen LogP contribution in [0.1, 0.15) is 16.1 Å². The molecule has 7 heteroatoms. The molecule has 0 aliphatic heterocycles. The first kappa shape index (κ1) is 15.5. The summed E-state index contributed by atoms with van der Waals surface area (Å²) >= 11 is 0.627. The summed E-state index contributed by atoms with van der Waals surface area (Å²) in [5.74, 6) is -1.36. The number of carbonyl (C=O) groups is 1. The molecule has 21 heavy (non-hydrogen) atoms. The lowest BCUT2D eigenvalue weighted by atomic mass is 10.2. The predicted octanol–water partition coefficient (Wildman–Crippen LogP) is 4.49. The molecule has 1 amide bonds. The molecule has 1 N–H and O–H groups in total. The maximum atomic E-state index is 12.3. The molecule has 0 atom stereocenters. The topological polar surface area (TPSA) is 42.2 Å². The molecule has 0 aliphatic rings. The van der Waals surface area contributed by atoms with Crippen molar-refractivity contribution in [2.24, 2.45) is 0 Å². The molecule has 1 aromatic heterocycles. The average Bonchev–Trinajstić information content (AvgIpc) is 2.83. The molecule has 0 aliphatic carbocycles. The SMILES string of the molecule is Cc1ccoc1C(=O)Nc1ccccc1SCC(F)(F)F. The molecule has 1 heterocycles. The van der Waals surface area contributed by atoms with Gasteiger partial charge in [-0.25, -0.2) is 0 Å². The largest absolute Gasteiger partial charge is 0.459 e. The Balaban J connectivity index is 2.13. The van der Waals surface area contributed by atoms with Crippen LogP contribution in [0.5, 0.6) is 0 Å². The molecule has 0 radical (unpaired) electrons. The highest BCUT2D eigenvalue weighted by Gasteiger charge is 2.27. The molecule has 0 spiro atoms. The zero-order valence-corrected chi connectivity index (χ0v) is 11.8. The van der Waals surface area contributed by atoms with Gasteiger partial charge in [0, 0.05) is 10.5 Å². The normalized spacial score (nSPS) is 11.4. The number of benzene rings is 1. The molecule has 0 saturated carbocycles. The van der Waals surface area contributed by atoms with Gasteiger partial charge in [-0.3, -0.25) is 4.79 Å². The van der Waals surface area contributed by atoms with Crippen molar-refractivity contribution in [2.45, 2.75) is 18.0 Å². The Morgan fingerprint density at radius 2 is 2.00 bits per heavy atom. The van der Waals surface area contributed by atoms with E-state index in [0.717, 1.165) is 0 Å². The predicted molar refractivity (Wildman–Crippen MR) is 74.6 cm³/mol. The molecule has 0 unspecified atom stereocenters. The van der Waals surface area contributed by atoms with E-state index in [-0.39, 0.29) is 5.76 Å². The number of hydrogen-bond donors (Lipinski definition) is 1. The maximum absolute atomic E-state index is 12.3. The highest BCUT2D eigenvalue weighted by Crippen LogP contribution is 2.32. The molecule has 2 rings (SSSR count). The van der Waals surface area contributed by atoms with Crippen LogP contribution < -0.4 is 5.32 Å². The molecule has 2 aromatic rings. The fraction of sp³-hybridized carbons (Fsp3) is 0.214. The Morgan fingerprint density at radius 1 is 1.29 bits per heavy atom. The second-order valence-electron chi connectivity index (χ2n) is 4.29. The third kappa shape index (κ3) is 4.29. The van der Waals surface area contributed by atoms with Crippen molar-refractivity contribution in [2.75, 3.05) is 11.1 Å². The average molecular weight is 315 g/mol. The summed E-state index contributed by atoms with van der Waals surface area (Å²) in [6.07, 6.45) is -2.88. The summed E-state index contributed by atoms with van der Waals surface area (Å²) in [6.45, 7) is 1.71.